The maximum atomic E-state index is 12.8. The standard InChI is InChI=1S/C8H6FN3S/c9-6-3-1-2-5(4-6)7-11-8(10)13-12-7/h1-4H,(H2,10,11,12). The third kappa shape index (κ3) is 1.65. The smallest absolute Gasteiger partial charge is 0.200 e. The molecular weight excluding hydrogens is 189 g/mol. The molecule has 0 spiro atoms. The highest BCUT2D eigenvalue weighted by Crippen LogP contribution is 2.19. The first-order valence-electron chi connectivity index (χ1n) is 3.61. The largest absolute Gasteiger partial charge is 0.374 e. The second-order valence-corrected chi connectivity index (χ2v) is 3.25. The number of benzene rings is 1. The lowest BCUT2D eigenvalue weighted by atomic mass is 10.2. The number of anilines is 1. The van der Waals surface area contributed by atoms with Gasteiger partial charge in [0.05, 0.1) is 0 Å². The van der Waals surface area contributed by atoms with Crippen LogP contribution in [-0.2, 0) is 0 Å². The Balaban J connectivity index is 2.46. The molecule has 66 valence electrons. The first-order chi connectivity index (χ1) is 6.25. The molecule has 0 bridgehead atoms. The number of rotatable bonds is 1. The Morgan fingerprint density at radius 3 is 2.85 bits per heavy atom. The van der Waals surface area contributed by atoms with E-state index in [0.29, 0.717) is 16.5 Å². The minimum Gasteiger partial charge on any atom is -0.374 e. The van der Waals surface area contributed by atoms with Crippen molar-refractivity contribution in [2.45, 2.75) is 0 Å². The van der Waals surface area contributed by atoms with Gasteiger partial charge in [0, 0.05) is 17.1 Å². The summed E-state index contributed by atoms with van der Waals surface area (Å²) in [6.45, 7) is 0. The summed E-state index contributed by atoms with van der Waals surface area (Å²) in [4.78, 5) is 3.94. The monoisotopic (exact) mass is 195 g/mol. The highest BCUT2D eigenvalue weighted by atomic mass is 32.1. The molecule has 0 unspecified atom stereocenters. The van der Waals surface area contributed by atoms with Crippen molar-refractivity contribution in [1.82, 2.24) is 9.36 Å². The third-order valence-corrected chi connectivity index (χ3v) is 2.07. The molecular formula is C8H6FN3S. The Morgan fingerprint density at radius 2 is 2.23 bits per heavy atom. The minimum atomic E-state index is -0.300. The molecule has 2 aromatic rings. The predicted octanol–water partition coefficient (Wildman–Crippen LogP) is 1.93. The minimum absolute atomic E-state index is 0.300. The first-order valence-corrected chi connectivity index (χ1v) is 4.38. The van der Waals surface area contributed by atoms with Gasteiger partial charge in [-0.15, -0.1) is 0 Å². The molecule has 5 heteroatoms. The topological polar surface area (TPSA) is 51.8 Å². The van der Waals surface area contributed by atoms with Crippen LogP contribution in [0, 0.1) is 5.82 Å². The van der Waals surface area contributed by atoms with Gasteiger partial charge in [-0.25, -0.2) is 4.39 Å². The van der Waals surface area contributed by atoms with E-state index in [0.717, 1.165) is 11.5 Å². The summed E-state index contributed by atoms with van der Waals surface area (Å²) in [6, 6.07) is 6.10. The van der Waals surface area contributed by atoms with E-state index in [2.05, 4.69) is 9.36 Å². The summed E-state index contributed by atoms with van der Waals surface area (Å²) in [5, 5.41) is 0.388. The van der Waals surface area contributed by atoms with E-state index in [4.69, 9.17) is 5.73 Å². The molecule has 1 aromatic heterocycles. The number of nitrogen functional groups attached to an aromatic ring is 1. The zero-order valence-corrected chi connectivity index (χ0v) is 7.38. The Hall–Kier alpha value is -1.49. The van der Waals surface area contributed by atoms with Crippen LogP contribution >= 0.6 is 11.5 Å². The normalized spacial score (nSPS) is 10.2. The Morgan fingerprint density at radius 1 is 1.38 bits per heavy atom. The molecule has 3 nitrogen and oxygen atoms in total. The van der Waals surface area contributed by atoms with E-state index in [-0.39, 0.29) is 5.82 Å². The van der Waals surface area contributed by atoms with Crippen LogP contribution in [0.1, 0.15) is 0 Å². The zero-order valence-electron chi connectivity index (χ0n) is 6.57. The van der Waals surface area contributed by atoms with Crippen molar-refractivity contribution in [2.24, 2.45) is 0 Å². The molecule has 0 radical (unpaired) electrons. The van der Waals surface area contributed by atoms with Gasteiger partial charge in [-0.3, -0.25) is 0 Å². The van der Waals surface area contributed by atoms with E-state index in [1.165, 1.54) is 12.1 Å². The lowest BCUT2D eigenvalue weighted by Crippen LogP contribution is -1.84. The maximum absolute atomic E-state index is 12.8. The van der Waals surface area contributed by atoms with E-state index in [1.807, 2.05) is 0 Å². The molecule has 0 atom stereocenters. The lowest BCUT2D eigenvalue weighted by Gasteiger charge is -1.93. The SMILES string of the molecule is Nc1nc(-c2cccc(F)c2)ns1. The second kappa shape index (κ2) is 3.10. The number of halogens is 1. The van der Waals surface area contributed by atoms with Gasteiger partial charge in [0.15, 0.2) is 11.0 Å². The van der Waals surface area contributed by atoms with Gasteiger partial charge < -0.3 is 5.73 Å². The van der Waals surface area contributed by atoms with Crippen LogP contribution < -0.4 is 5.73 Å². The van der Waals surface area contributed by atoms with Gasteiger partial charge in [-0.05, 0) is 12.1 Å². The molecule has 2 N–H and O–H groups in total. The fraction of sp³-hybridized carbons (Fsp3) is 0. The van der Waals surface area contributed by atoms with Crippen LogP contribution in [0.5, 0.6) is 0 Å². The summed E-state index contributed by atoms with van der Waals surface area (Å²) in [7, 11) is 0. The van der Waals surface area contributed by atoms with Crippen LogP contribution in [0.15, 0.2) is 24.3 Å². The molecule has 0 amide bonds. The summed E-state index contributed by atoms with van der Waals surface area (Å²) in [5.41, 5.74) is 6.05. The van der Waals surface area contributed by atoms with Crippen molar-refractivity contribution >= 4 is 16.7 Å². The molecule has 2 rings (SSSR count). The van der Waals surface area contributed by atoms with Crippen LogP contribution in [0.4, 0.5) is 9.52 Å². The number of hydrogen-bond acceptors (Lipinski definition) is 4. The quantitative estimate of drug-likeness (QED) is 0.756. The Labute approximate surface area is 78.2 Å². The van der Waals surface area contributed by atoms with Crippen molar-refractivity contribution in [3.05, 3.63) is 30.1 Å². The highest BCUT2D eigenvalue weighted by molar-refractivity contribution is 7.09. The van der Waals surface area contributed by atoms with Crippen molar-refractivity contribution < 1.29 is 4.39 Å². The van der Waals surface area contributed by atoms with Crippen LogP contribution in [-0.4, -0.2) is 9.36 Å². The van der Waals surface area contributed by atoms with Crippen LogP contribution in [0.3, 0.4) is 0 Å². The lowest BCUT2D eigenvalue weighted by molar-refractivity contribution is 0.628. The molecule has 0 aliphatic heterocycles. The molecule has 0 fully saturated rings. The van der Waals surface area contributed by atoms with Crippen molar-refractivity contribution in [3.63, 3.8) is 0 Å². The van der Waals surface area contributed by atoms with Crippen molar-refractivity contribution in [2.75, 3.05) is 5.73 Å². The third-order valence-electron chi connectivity index (χ3n) is 1.52. The summed E-state index contributed by atoms with van der Waals surface area (Å²) in [6.07, 6.45) is 0. The van der Waals surface area contributed by atoms with Gasteiger partial charge in [0.25, 0.3) is 0 Å². The number of hydrogen-bond donors (Lipinski definition) is 1. The summed E-state index contributed by atoms with van der Waals surface area (Å²) in [5.74, 6) is 0.174. The average molecular weight is 195 g/mol. The zero-order chi connectivity index (χ0) is 9.26. The van der Waals surface area contributed by atoms with Crippen LogP contribution in [0.2, 0.25) is 0 Å². The molecule has 0 aliphatic carbocycles. The van der Waals surface area contributed by atoms with Gasteiger partial charge in [-0.2, -0.15) is 9.36 Å². The molecule has 0 aliphatic rings. The predicted molar refractivity (Wildman–Crippen MR) is 49.7 cm³/mol. The number of aromatic nitrogens is 2. The summed E-state index contributed by atoms with van der Waals surface area (Å²) < 4.78 is 16.7. The fourth-order valence-corrected chi connectivity index (χ4v) is 1.43. The van der Waals surface area contributed by atoms with E-state index < -0.39 is 0 Å². The number of nitrogens with two attached hydrogens (primary N) is 1. The Kier molecular flexibility index (Phi) is 1.94. The van der Waals surface area contributed by atoms with Gasteiger partial charge >= 0.3 is 0 Å². The van der Waals surface area contributed by atoms with Crippen molar-refractivity contribution in [1.29, 1.82) is 0 Å². The molecule has 1 heterocycles. The molecule has 0 saturated heterocycles. The van der Waals surface area contributed by atoms with Gasteiger partial charge in [0.2, 0.25) is 0 Å². The average Bonchev–Trinajstić information content (AvgIpc) is 2.52. The van der Waals surface area contributed by atoms with E-state index in [1.54, 1.807) is 12.1 Å². The van der Waals surface area contributed by atoms with Gasteiger partial charge in [-0.1, -0.05) is 12.1 Å². The van der Waals surface area contributed by atoms with E-state index >= 15 is 0 Å². The molecule has 0 saturated carbocycles. The van der Waals surface area contributed by atoms with Crippen molar-refractivity contribution in [3.8, 4) is 11.4 Å². The Bertz CT molecular complexity index is 427. The van der Waals surface area contributed by atoms with Gasteiger partial charge in [0.1, 0.15) is 5.82 Å². The molecule has 13 heavy (non-hydrogen) atoms. The maximum Gasteiger partial charge on any atom is 0.200 e. The second-order valence-electron chi connectivity index (χ2n) is 2.47. The number of nitrogens with zero attached hydrogens (tertiary/aromatic N) is 2. The summed E-state index contributed by atoms with van der Waals surface area (Å²) >= 11 is 1.10. The van der Waals surface area contributed by atoms with Crippen LogP contribution in [0.25, 0.3) is 11.4 Å². The molecule has 1 aromatic carbocycles. The van der Waals surface area contributed by atoms with E-state index in [9.17, 15) is 4.39 Å². The highest BCUT2D eigenvalue weighted by Gasteiger charge is 2.04. The first kappa shape index (κ1) is 8.12. The fourth-order valence-electron chi connectivity index (χ4n) is 0.980.